The van der Waals surface area contributed by atoms with E-state index in [0.717, 1.165) is 69.7 Å². The van der Waals surface area contributed by atoms with Gasteiger partial charge >= 0.3 is 0 Å². The molecular formula is C20H31ClN4O2. The number of carbonyl (C=O) groups is 1. The van der Waals surface area contributed by atoms with Crippen molar-refractivity contribution in [2.45, 2.75) is 45.1 Å². The minimum atomic E-state index is -0.0120. The molecular weight excluding hydrogens is 364 g/mol. The number of methoxy groups -OCH3 is 1. The van der Waals surface area contributed by atoms with E-state index in [1.165, 1.54) is 0 Å². The van der Waals surface area contributed by atoms with Crippen molar-refractivity contribution in [1.29, 1.82) is 0 Å². The van der Waals surface area contributed by atoms with Gasteiger partial charge in [0.2, 0.25) is 0 Å². The highest BCUT2D eigenvalue weighted by Crippen LogP contribution is 2.15. The summed E-state index contributed by atoms with van der Waals surface area (Å²) in [5.41, 5.74) is 2.46. The van der Waals surface area contributed by atoms with Gasteiger partial charge in [0.1, 0.15) is 5.65 Å². The molecule has 6 nitrogen and oxygen atoms in total. The molecule has 1 aliphatic rings. The summed E-state index contributed by atoms with van der Waals surface area (Å²) in [4.78, 5) is 19.9. The van der Waals surface area contributed by atoms with Crippen LogP contribution in [-0.2, 0) is 11.2 Å². The lowest BCUT2D eigenvalue weighted by atomic mass is 10.0. The average molecular weight is 395 g/mol. The Morgan fingerprint density at radius 3 is 2.85 bits per heavy atom. The summed E-state index contributed by atoms with van der Waals surface area (Å²) in [5, 5.41) is 3.21. The predicted octanol–water partition coefficient (Wildman–Crippen LogP) is 2.94. The maximum Gasteiger partial charge on any atom is 0.255 e. The first kappa shape index (κ1) is 21.7. The van der Waals surface area contributed by atoms with Gasteiger partial charge in [0.15, 0.2) is 0 Å². The van der Waals surface area contributed by atoms with Crippen molar-refractivity contribution in [3.8, 4) is 0 Å². The fourth-order valence-electron chi connectivity index (χ4n) is 3.61. The van der Waals surface area contributed by atoms with Gasteiger partial charge in [0, 0.05) is 51.8 Å². The molecule has 0 radical (unpaired) electrons. The summed E-state index contributed by atoms with van der Waals surface area (Å²) in [6.45, 7) is 6.08. The minimum absolute atomic E-state index is 0. The largest absolute Gasteiger partial charge is 0.385 e. The number of aryl methyl sites for hydroxylation is 1. The number of aromatic nitrogens is 2. The quantitative estimate of drug-likeness (QED) is 0.699. The van der Waals surface area contributed by atoms with Crippen LogP contribution in [0.25, 0.3) is 5.65 Å². The van der Waals surface area contributed by atoms with E-state index in [-0.39, 0.29) is 24.4 Å². The Hall–Kier alpha value is -1.63. The number of pyridine rings is 1. The topological polar surface area (TPSA) is 58.9 Å². The van der Waals surface area contributed by atoms with Crippen molar-refractivity contribution in [3.63, 3.8) is 0 Å². The van der Waals surface area contributed by atoms with Crippen LogP contribution in [0.2, 0.25) is 0 Å². The van der Waals surface area contributed by atoms with Crippen LogP contribution in [0.4, 0.5) is 0 Å². The molecule has 150 valence electrons. The molecule has 1 saturated heterocycles. The molecule has 1 N–H and O–H groups in total. The maximum atomic E-state index is 12.8. The summed E-state index contributed by atoms with van der Waals surface area (Å²) in [5.74, 6) is -0.0120. The normalized spacial score (nSPS) is 15.6. The van der Waals surface area contributed by atoms with Crippen molar-refractivity contribution >= 4 is 24.0 Å². The van der Waals surface area contributed by atoms with Crippen molar-refractivity contribution in [2.24, 2.45) is 0 Å². The molecule has 0 aromatic carbocycles. The van der Waals surface area contributed by atoms with Crippen LogP contribution >= 0.6 is 12.4 Å². The van der Waals surface area contributed by atoms with Gasteiger partial charge in [-0.05, 0) is 37.8 Å². The number of halogens is 1. The number of fused-ring (bicyclic) bond motifs is 1. The molecule has 3 heterocycles. The number of rotatable bonds is 8. The summed E-state index contributed by atoms with van der Waals surface area (Å²) >= 11 is 0. The summed E-state index contributed by atoms with van der Waals surface area (Å²) in [6.07, 6.45) is 9.02. The highest BCUT2D eigenvalue weighted by molar-refractivity contribution is 6.00. The van der Waals surface area contributed by atoms with Crippen molar-refractivity contribution in [1.82, 2.24) is 19.6 Å². The molecule has 2 aromatic rings. The molecule has 7 heteroatoms. The van der Waals surface area contributed by atoms with Crippen molar-refractivity contribution in [2.75, 3.05) is 33.4 Å². The van der Waals surface area contributed by atoms with E-state index < -0.39 is 0 Å². The standard InChI is InChI=1S/C20H30N4O2.ClH/c1-3-6-17-15-24-11-4-7-18(19(24)21-17)20(25)22-16-8-12-23(13-9-16)10-5-14-26-2;/h4,7,11,15-16H,3,5-6,8-10,12-14H2,1-2H3,(H,22,25);1H. The van der Waals surface area contributed by atoms with Gasteiger partial charge < -0.3 is 19.4 Å². The third-order valence-corrected chi connectivity index (χ3v) is 5.03. The number of ether oxygens (including phenoxy) is 1. The van der Waals surface area contributed by atoms with Crippen LogP contribution < -0.4 is 5.32 Å². The molecule has 0 unspecified atom stereocenters. The SMILES string of the molecule is CCCc1cn2cccc(C(=O)NC3CCN(CCCOC)CC3)c2n1.Cl. The van der Waals surface area contributed by atoms with E-state index in [1.54, 1.807) is 7.11 Å². The summed E-state index contributed by atoms with van der Waals surface area (Å²) < 4.78 is 7.07. The second-order valence-electron chi connectivity index (χ2n) is 7.07. The first-order valence-electron chi connectivity index (χ1n) is 9.70. The van der Waals surface area contributed by atoms with Gasteiger partial charge in [-0.15, -0.1) is 12.4 Å². The number of hydrogen-bond acceptors (Lipinski definition) is 4. The van der Waals surface area contributed by atoms with Gasteiger partial charge in [-0.25, -0.2) is 4.98 Å². The number of imidazole rings is 1. The molecule has 3 rings (SSSR count). The average Bonchev–Trinajstić information content (AvgIpc) is 3.06. The summed E-state index contributed by atoms with van der Waals surface area (Å²) in [6, 6.07) is 4.02. The molecule has 1 fully saturated rings. The van der Waals surface area contributed by atoms with Gasteiger partial charge in [-0.1, -0.05) is 13.3 Å². The lowest BCUT2D eigenvalue weighted by molar-refractivity contribution is 0.0908. The van der Waals surface area contributed by atoms with E-state index in [9.17, 15) is 4.79 Å². The molecule has 0 spiro atoms. The minimum Gasteiger partial charge on any atom is -0.385 e. The van der Waals surface area contributed by atoms with E-state index in [0.29, 0.717) is 5.56 Å². The Balaban J connectivity index is 0.00000261. The molecule has 0 bridgehead atoms. The zero-order chi connectivity index (χ0) is 18.4. The number of hydrogen-bond donors (Lipinski definition) is 1. The third-order valence-electron chi connectivity index (χ3n) is 5.03. The van der Waals surface area contributed by atoms with Gasteiger partial charge in [-0.3, -0.25) is 4.79 Å². The molecule has 2 aromatic heterocycles. The van der Waals surface area contributed by atoms with Gasteiger partial charge in [-0.2, -0.15) is 0 Å². The zero-order valence-electron chi connectivity index (χ0n) is 16.3. The molecule has 0 aliphatic carbocycles. The predicted molar refractivity (Wildman–Crippen MR) is 110 cm³/mol. The van der Waals surface area contributed by atoms with Crippen LogP contribution in [0.5, 0.6) is 0 Å². The highest BCUT2D eigenvalue weighted by atomic mass is 35.5. The number of nitrogens with one attached hydrogen (secondary N) is 1. The molecule has 0 atom stereocenters. The zero-order valence-corrected chi connectivity index (χ0v) is 17.1. The molecule has 0 saturated carbocycles. The van der Waals surface area contributed by atoms with Crippen molar-refractivity contribution in [3.05, 3.63) is 35.8 Å². The number of piperidine rings is 1. The second-order valence-corrected chi connectivity index (χ2v) is 7.07. The molecule has 27 heavy (non-hydrogen) atoms. The Kier molecular flexibility index (Phi) is 8.54. The third kappa shape index (κ3) is 5.67. The first-order chi connectivity index (χ1) is 12.7. The van der Waals surface area contributed by atoms with Crippen LogP contribution in [-0.4, -0.2) is 59.6 Å². The van der Waals surface area contributed by atoms with E-state index in [2.05, 4.69) is 22.1 Å². The highest BCUT2D eigenvalue weighted by Gasteiger charge is 2.22. The summed E-state index contributed by atoms with van der Waals surface area (Å²) in [7, 11) is 1.74. The number of likely N-dealkylation sites (tertiary alicyclic amines) is 1. The fraction of sp³-hybridized carbons (Fsp3) is 0.600. The Morgan fingerprint density at radius 1 is 1.37 bits per heavy atom. The number of amides is 1. The number of nitrogens with zero attached hydrogens (tertiary/aromatic N) is 3. The second kappa shape index (κ2) is 10.6. The monoisotopic (exact) mass is 394 g/mol. The Morgan fingerprint density at radius 2 is 2.15 bits per heavy atom. The fourth-order valence-corrected chi connectivity index (χ4v) is 3.61. The van der Waals surface area contributed by atoms with Crippen LogP contribution in [0, 0.1) is 0 Å². The van der Waals surface area contributed by atoms with E-state index >= 15 is 0 Å². The molecule has 1 aliphatic heterocycles. The van der Waals surface area contributed by atoms with Gasteiger partial charge in [0.25, 0.3) is 5.91 Å². The van der Waals surface area contributed by atoms with E-state index in [1.807, 2.05) is 28.9 Å². The lowest BCUT2D eigenvalue weighted by Crippen LogP contribution is -2.45. The van der Waals surface area contributed by atoms with Crippen LogP contribution in [0.15, 0.2) is 24.5 Å². The van der Waals surface area contributed by atoms with Crippen molar-refractivity contribution < 1.29 is 9.53 Å². The number of carbonyl (C=O) groups excluding carboxylic acids is 1. The Labute approximate surface area is 167 Å². The first-order valence-corrected chi connectivity index (χ1v) is 9.70. The van der Waals surface area contributed by atoms with Crippen LogP contribution in [0.3, 0.4) is 0 Å². The lowest BCUT2D eigenvalue weighted by Gasteiger charge is -2.32. The van der Waals surface area contributed by atoms with Crippen LogP contribution in [0.1, 0.15) is 48.7 Å². The molecule has 1 amide bonds. The van der Waals surface area contributed by atoms with Gasteiger partial charge in [0.05, 0.1) is 11.3 Å². The Bertz CT molecular complexity index is 726. The smallest absolute Gasteiger partial charge is 0.255 e. The van der Waals surface area contributed by atoms with E-state index in [4.69, 9.17) is 4.74 Å². The maximum absolute atomic E-state index is 12.8.